The van der Waals surface area contributed by atoms with Crippen LogP contribution in [0.25, 0.3) is 0 Å². The van der Waals surface area contributed by atoms with E-state index in [9.17, 15) is 15.2 Å². The smallest absolute Gasteiger partial charge is 0.312 e. The van der Waals surface area contributed by atoms with E-state index < -0.39 is 11.0 Å². The summed E-state index contributed by atoms with van der Waals surface area (Å²) in [6.07, 6.45) is -0.701. The molecule has 0 aliphatic rings. The van der Waals surface area contributed by atoms with Crippen molar-refractivity contribution in [3.8, 4) is 5.75 Å². The van der Waals surface area contributed by atoms with Crippen LogP contribution in [0, 0.1) is 10.1 Å². The lowest BCUT2D eigenvalue weighted by atomic mass is 10.3. The number of aliphatic hydroxyl groups is 1. The molecule has 100 valence electrons. The van der Waals surface area contributed by atoms with Gasteiger partial charge in [-0.15, -0.1) is 0 Å². The highest BCUT2D eigenvalue weighted by Gasteiger charge is 2.16. The Morgan fingerprint density at radius 1 is 1.61 bits per heavy atom. The summed E-state index contributed by atoms with van der Waals surface area (Å²) in [4.78, 5) is 10.3. The normalized spacial score (nSPS) is 12.2. The number of hydrogen-bond donors (Lipinski definition) is 2. The minimum absolute atomic E-state index is 0.00940. The third-order valence-corrected chi connectivity index (χ3v) is 2.67. The number of hydrogen-bond acceptors (Lipinski definition) is 5. The summed E-state index contributed by atoms with van der Waals surface area (Å²) in [5, 5.41) is 23.3. The Bertz CT molecular complexity index is 414. The van der Waals surface area contributed by atoms with Gasteiger partial charge in [-0.1, -0.05) is 22.9 Å². The second-order valence-corrected chi connectivity index (χ2v) is 4.56. The number of likely N-dealkylation sites (N-methyl/N-ethyl adjacent to an activating group) is 1. The van der Waals surface area contributed by atoms with Gasteiger partial charge in [0.15, 0.2) is 5.75 Å². The van der Waals surface area contributed by atoms with Gasteiger partial charge in [-0.3, -0.25) is 10.1 Å². The van der Waals surface area contributed by atoms with Crippen LogP contribution >= 0.6 is 15.9 Å². The van der Waals surface area contributed by atoms with E-state index >= 15 is 0 Å². The van der Waals surface area contributed by atoms with Crippen molar-refractivity contribution in [2.75, 3.05) is 19.7 Å². The van der Waals surface area contributed by atoms with E-state index in [0.29, 0.717) is 11.0 Å². The number of rotatable bonds is 7. The first-order valence-corrected chi connectivity index (χ1v) is 6.29. The quantitative estimate of drug-likeness (QED) is 0.590. The molecule has 1 atom stereocenters. The van der Waals surface area contributed by atoms with E-state index in [1.54, 1.807) is 6.07 Å². The predicted octanol–water partition coefficient (Wildman–Crippen LogP) is 1.71. The number of nitrogens with one attached hydrogen (secondary N) is 1. The number of nitro benzene ring substituents is 1. The van der Waals surface area contributed by atoms with Crippen molar-refractivity contribution in [2.45, 2.75) is 13.0 Å². The van der Waals surface area contributed by atoms with Gasteiger partial charge in [-0.25, -0.2) is 0 Å². The highest BCUT2D eigenvalue weighted by atomic mass is 79.9. The molecule has 0 aliphatic carbocycles. The monoisotopic (exact) mass is 318 g/mol. The minimum atomic E-state index is -0.701. The van der Waals surface area contributed by atoms with Crippen LogP contribution in [0.3, 0.4) is 0 Å². The zero-order valence-corrected chi connectivity index (χ0v) is 11.5. The lowest BCUT2D eigenvalue weighted by Crippen LogP contribution is -2.31. The van der Waals surface area contributed by atoms with E-state index in [1.807, 2.05) is 6.92 Å². The molecule has 0 amide bonds. The summed E-state index contributed by atoms with van der Waals surface area (Å²) in [7, 11) is 0. The molecule has 0 bridgehead atoms. The van der Waals surface area contributed by atoms with Gasteiger partial charge in [-0.05, 0) is 18.7 Å². The second-order valence-electron chi connectivity index (χ2n) is 3.64. The van der Waals surface area contributed by atoms with Crippen LogP contribution in [0.2, 0.25) is 0 Å². The van der Waals surface area contributed by atoms with E-state index in [1.165, 1.54) is 12.1 Å². The summed E-state index contributed by atoms with van der Waals surface area (Å²) < 4.78 is 5.87. The fraction of sp³-hybridized carbons (Fsp3) is 0.455. The van der Waals surface area contributed by atoms with E-state index in [2.05, 4.69) is 21.2 Å². The van der Waals surface area contributed by atoms with Gasteiger partial charge in [0.05, 0.1) is 4.92 Å². The average Bonchev–Trinajstić information content (AvgIpc) is 2.34. The van der Waals surface area contributed by atoms with Crippen molar-refractivity contribution in [3.05, 3.63) is 32.8 Å². The molecule has 0 radical (unpaired) electrons. The Kier molecular flexibility index (Phi) is 6.03. The summed E-state index contributed by atoms with van der Waals surface area (Å²) in [6, 6.07) is 4.52. The van der Waals surface area contributed by atoms with Crippen molar-refractivity contribution in [1.29, 1.82) is 0 Å². The number of halogens is 1. The second kappa shape index (κ2) is 7.30. The Morgan fingerprint density at radius 2 is 2.33 bits per heavy atom. The molecular formula is C11H15BrN2O4. The largest absolute Gasteiger partial charge is 0.484 e. The van der Waals surface area contributed by atoms with Crippen molar-refractivity contribution in [3.63, 3.8) is 0 Å². The molecule has 1 aromatic carbocycles. The van der Waals surface area contributed by atoms with Gasteiger partial charge < -0.3 is 15.2 Å². The van der Waals surface area contributed by atoms with Gasteiger partial charge in [0, 0.05) is 17.1 Å². The third-order valence-electron chi connectivity index (χ3n) is 2.18. The van der Waals surface area contributed by atoms with Crippen LogP contribution in [0.15, 0.2) is 22.7 Å². The highest BCUT2D eigenvalue weighted by molar-refractivity contribution is 9.10. The number of nitro groups is 1. The molecule has 1 unspecified atom stereocenters. The molecule has 0 spiro atoms. The molecule has 1 rings (SSSR count). The van der Waals surface area contributed by atoms with Crippen LogP contribution < -0.4 is 10.1 Å². The molecule has 7 heteroatoms. The van der Waals surface area contributed by atoms with E-state index in [4.69, 9.17) is 4.74 Å². The molecule has 0 saturated heterocycles. The summed E-state index contributed by atoms with van der Waals surface area (Å²) >= 11 is 3.16. The first-order valence-electron chi connectivity index (χ1n) is 5.50. The molecule has 1 aromatic rings. The third kappa shape index (κ3) is 4.59. The molecule has 0 fully saturated rings. The van der Waals surface area contributed by atoms with Crippen molar-refractivity contribution in [2.24, 2.45) is 0 Å². The van der Waals surface area contributed by atoms with Crippen molar-refractivity contribution in [1.82, 2.24) is 5.32 Å². The summed E-state index contributed by atoms with van der Waals surface area (Å²) in [5.41, 5.74) is -0.125. The Balaban J connectivity index is 2.64. The number of nitrogens with zero attached hydrogens (tertiary/aromatic N) is 1. The van der Waals surface area contributed by atoms with Gasteiger partial charge in [0.25, 0.3) is 0 Å². The molecule has 0 saturated carbocycles. The number of aliphatic hydroxyl groups excluding tert-OH is 1. The molecule has 0 aromatic heterocycles. The minimum Gasteiger partial charge on any atom is -0.484 e. The summed E-state index contributed by atoms with van der Waals surface area (Å²) in [5.74, 6) is 0.152. The molecular weight excluding hydrogens is 304 g/mol. The Hall–Kier alpha value is -1.18. The lowest BCUT2D eigenvalue weighted by molar-refractivity contribution is -0.386. The zero-order chi connectivity index (χ0) is 13.5. The average molecular weight is 319 g/mol. The highest BCUT2D eigenvalue weighted by Crippen LogP contribution is 2.30. The molecule has 2 N–H and O–H groups in total. The van der Waals surface area contributed by atoms with Crippen molar-refractivity contribution < 1.29 is 14.8 Å². The van der Waals surface area contributed by atoms with Crippen LogP contribution in [-0.4, -0.2) is 35.8 Å². The van der Waals surface area contributed by atoms with Gasteiger partial charge >= 0.3 is 5.69 Å². The summed E-state index contributed by atoms with van der Waals surface area (Å²) in [6.45, 7) is 3.07. The Morgan fingerprint density at radius 3 is 2.94 bits per heavy atom. The molecule has 6 nitrogen and oxygen atoms in total. The molecule has 0 heterocycles. The van der Waals surface area contributed by atoms with Crippen LogP contribution in [0.5, 0.6) is 5.75 Å². The number of ether oxygens (including phenoxy) is 1. The standard InChI is InChI=1S/C11H15BrN2O4/c1-2-13-6-9(15)7-18-11-4-3-8(12)5-10(11)14(16)17/h3-5,9,13,15H,2,6-7H2,1H3. The van der Waals surface area contributed by atoms with Crippen molar-refractivity contribution >= 4 is 21.6 Å². The van der Waals surface area contributed by atoms with Gasteiger partial charge in [-0.2, -0.15) is 0 Å². The first kappa shape index (κ1) is 14.9. The SMILES string of the molecule is CCNCC(O)COc1ccc(Br)cc1[N+](=O)[O-]. The molecule has 18 heavy (non-hydrogen) atoms. The number of benzene rings is 1. The predicted molar refractivity (Wildman–Crippen MR) is 70.8 cm³/mol. The fourth-order valence-electron chi connectivity index (χ4n) is 1.31. The van der Waals surface area contributed by atoms with Crippen LogP contribution in [0.1, 0.15) is 6.92 Å². The zero-order valence-electron chi connectivity index (χ0n) is 9.93. The molecule has 0 aliphatic heterocycles. The maximum atomic E-state index is 10.8. The fourth-order valence-corrected chi connectivity index (χ4v) is 1.66. The van der Waals surface area contributed by atoms with Crippen LogP contribution in [0.4, 0.5) is 5.69 Å². The maximum Gasteiger partial charge on any atom is 0.312 e. The maximum absolute atomic E-state index is 10.8. The first-order chi connectivity index (χ1) is 8.54. The van der Waals surface area contributed by atoms with E-state index in [0.717, 1.165) is 6.54 Å². The van der Waals surface area contributed by atoms with Crippen LogP contribution in [-0.2, 0) is 0 Å². The van der Waals surface area contributed by atoms with Gasteiger partial charge in [0.2, 0.25) is 0 Å². The Labute approximate surface area is 113 Å². The van der Waals surface area contributed by atoms with Gasteiger partial charge in [0.1, 0.15) is 12.7 Å². The topological polar surface area (TPSA) is 84.6 Å². The lowest BCUT2D eigenvalue weighted by Gasteiger charge is -2.12. The van der Waals surface area contributed by atoms with E-state index in [-0.39, 0.29) is 18.0 Å².